The lowest BCUT2D eigenvalue weighted by molar-refractivity contribution is 0.0944. The van der Waals surface area contributed by atoms with E-state index in [-0.39, 0.29) is 0 Å². The van der Waals surface area contributed by atoms with Gasteiger partial charge in [0.2, 0.25) is 0 Å². The van der Waals surface area contributed by atoms with Crippen LogP contribution in [0, 0.1) is 5.92 Å². The van der Waals surface area contributed by atoms with Crippen molar-refractivity contribution in [3.05, 3.63) is 0 Å². The number of nitrogens with one attached hydrogen (secondary N) is 1. The lowest BCUT2D eigenvalue weighted by Crippen LogP contribution is -2.45. The van der Waals surface area contributed by atoms with Gasteiger partial charge in [0.1, 0.15) is 0 Å². The molecule has 15 heavy (non-hydrogen) atoms. The maximum atomic E-state index is 5.89. The van der Waals surface area contributed by atoms with Gasteiger partial charge >= 0.3 is 0 Å². The Morgan fingerprint density at radius 2 is 2.00 bits per heavy atom. The Kier molecular flexibility index (Phi) is 2.73. The fraction of sp³-hybridized carbons (Fsp3) is 1.00. The Bertz CT molecular complexity index is 231. The van der Waals surface area contributed by atoms with E-state index >= 15 is 0 Å². The fourth-order valence-corrected chi connectivity index (χ4v) is 3.70. The molecule has 0 aromatic rings. The summed E-state index contributed by atoms with van der Waals surface area (Å²) in [5.74, 6) is 0.927. The third kappa shape index (κ3) is 2.07. The zero-order chi connectivity index (χ0) is 10.3. The molecule has 2 nitrogen and oxygen atoms in total. The molecule has 3 rings (SSSR count). The van der Waals surface area contributed by atoms with Crippen molar-refractivity contribution in [3.63, 3.8) is 0 Å². The van der Waals surface area contributed by atoms with Gasteiger partial charge < -0.3 is 10.1 Å². The largest absolute Gasteiger partial charge is 0.373 e. The average Bonchev–Trinajstić information content (AvgIpc) is 2.79. The second kappa shape index (κ2) is 4.06. The Hall–Kier alpha value is -0.0800. The van der Waals surface area contributed by atoms with Gasteiger partial charge in [-0.1, -0.05) is 19.8 Å². The lowest BCUT2D eigenvalue weighted by atomic mass is 9.85. The number of fused-ring (bicyclic) bond motifs is 2. The van der Waals surface area contributed by atoms with E-state index in [0.29, 0.717) is 18.2 Å². The van der Waals surface area contributed by atoms with Gasteiger partial charge in [-0.3, -0.25) is 0 Å². The molecule has 5 atom stereocenters. The molecule has 2 aliphatic heterocycles. The van der Waals surface area contributed by atoms with Crippen LogP contribution in [0.15, 0.2) is 0 Å². The second-order valence-electron chi connectivity index (χ2n) is 5.85. The molecule has 2 heterocycles. The van der Waals surface area contributed by atoms with Crippen molar-refractivity contribution in [2.45, 2.75) is 76.2 Å². The molecular weight excluding hydrogens is 186 g/mol. The fourth-order valence-electron chi connectivity index (χ4n) is 3.70. The van der Waals surface area contributed by atoms with E-state index in [1.54, 1.807) is 0 Å². The first-order valence-corrected chi connectivity index (χ1v) is 6.73. The first kappa shape index (κ1) is 10.1. The summed E-state index contributed by atoms with van der Waals surface area (Å²) in [5.41, 5.74) is 0. The molecule has 2 bridgehead atoms. The zero-order valence-electron chi connectivity index (χ0n) is 9.74. The summed E-state index contributed by atoms with van der Waals surface area (Å²) in [7, 11) is 0. The molecule has 3 aliphatic rings. The molecule has 5 unspecified atom stereocenters. The van der Waals surface area contributed by atoms with E-state index in [9.17, 15) is 0 Å². The van der Waals surface area contributed by atoms with Crippen molar-refractivity contribution in [3.8, 4) is 0 Å². The van der Waals surface area contributed by atoms with Crippen LogP contribution >= 0.6 is 0 Å². The topological polar surface area (TPSA) is 21.3 Å². The minimum absolute atomic E-state index is 0.548. The summed E-state index contributed by atoms with van der Waals surface area (Å²) in [6, 6.07) is 1.46. The van der Waals surface area contributed by atoms with E-state index in [2.05, 4.69) is 12.2 Å². The lowest BCUT2D eigenvalue weighted by Gasteiger charge is -2.32. The minimum Gasteiger partial charge on any atom is -0.373 e. The number of hydrogen-bond acceptors (Lipinski definition) is 2. The maximum absolute atomic E-state index is 5.89. The summed E-state index contributed by atoms with van der Waals surface area (Å²) in [4.78, 5) is 0. The summed E-state index contributed by atoms with van der Waals surface area (Å²) >= 11 is 0. The van der Waals surface area contributed by atoms with Crippen molar-refractivity contribution in [2.75, 3.05) is 0 Å². The molecule has 0 amide bonds. The summed E-state index contributed by atoms with van der Waals surface area (Å²) in [5, 5.41) is 3.85. The van der Waals surface area contributed by atoms with E-state index in [1.807, 2.05) is 0 Å². The van der Waals surface area contributed by atoms with Crippen LogP contribution < -0.4 is 5.32 Å². The average molecular weight is 209 g/mol. The first-order chi connectivity index (χ1) is 7.31. The van der Waals surface area contributed by atoms with Crippen molar-refractivity contribution in [1.29, 1.82) is 0 Å². The van der Waals surface area contributed by atoms with Crippen molar-refractivity contribution in [1.82, 2.24) is 5.32 Å². The SMILES string of the molecule is CC1CCCC(NC2CC3CCC2O3)C1. The summed E-state index contributed by atoms with van der Waals surface area (Å²) in [6.45, 7) is 2.39. The van der Waals surface area contributed by atoms with Gasteiger partial charge in [-0.25, -0.2) is 0 Å². The molecule has 0 spiro atoms. The van der Waals surface area contributed by atoms with Gasteiger partial charge in [0.25, 0.3) is 0 Å². The molecular formula is C13H23NO. The van der Waals surface area contributed by atoms with Crippen LogP contribution in [0.5, 0.6) is 0 Å². The predicted molar refractivity (Wildman–Crippen MR) is 60.9 cm³/mol. The molecule has 2 heteroatoms. The molecule has 1 aliphatic carbocycles. The third-order valence-corrected chi connectivity index (χ3v) is 4.49. The van der Waals surface area contributed by atoms with Crippen molar-refractivity contribution < 1.29 is 4.74 Å². The Morgan fingerprint density at radius 1 is 1.07 bits per heavy atom. The summed E-state index contributed by atoms with van der Waals surface area (Å²) in [6.07, 6.45) is 10.6. The molecule has 1 saturated carbocycles. The molecule has 0 aromatic heterocycles. The Labute approximate surface area is 92.8 Å². The van der Waals surface area contributed by atoms with E-state index in [0.717, 1.165) is 12.0 Å². The smallest absolute Gasteiger partial charge is 0.0733 e. The highest BCUT2D eigenvalue weighted by atomic mass is 16.5. The zero-order valence-corrected chi connectivity index (χ0v) is 9.74. The van der Waals surface area contributed by atoms with Crippen molar-refractivity contribution >= 4 is 0 Å². The van der Waals surface area contributed by atoms with Crippen LogP contribution in [0.4, 0.5) is 0 Å². The third-order valence-electron chi connectivity index (χ3n) is 4.49. The molecule has 0 radical (unpaired) electrons. The molecule has 86 valence electrons. The standard InChI is InChI=1S/C13H23NO/c1-9-3-2-4-10(7-9)14-12-8-11-5-6-13(12)15-11/h9-14H,2-8H2,1H3. The van der Waals surface area contributed by atoms with Gasteiger partial charge in [-0.15, -0.1) is 0 Å². The predicted octanol–water partition coefficient (Wildman–Crippen LogP) is 2.47. The monoisotopic (exact) mass is 209 g/mol. The second-order valence-corrected chi connectivity index (χ2v) is 5.85. The number of hydrogen-bond donors (Lipinski definition) is 1. The highest BCUT2D eigenvalue weighted by Gasteiger charge is 2.41. The van der Waals surface area contributed by atoms with Gasteiger partial charge in [-0.05, 0) is 38.0 Å². The highest BCUT2D eigenvalue weighted by molar-refractivity contribution is 4.95. The molecule has 0 aromatic carbocycles. The van der Waals surface area contributed by atoms with Crippen LogP contribution in [0.3, 0.4) is 0 Å². The van der Waals surface area contributed by atoms with E-state index < -0.39 is 0 Å². The van der Waals surface area contributed by atoms with E-state index in [1.165, 1.54) is 44.9 Å². The van der Waals surface area contributed by atoms with E-state index in [4.69, 9.17) is 4.74 Å². The molecule has 2 saturated heterocycles. The minimum atomic E-state index is 0.548. The normalized spacial score (nSPS) is 49.8. The Morgan fingerprint density at radius 3 is 2.67 bits per heavy atom. The van der Waals surface area contributed by atoms with Crippen LogP contribution in [-0.4, -0.2) is 24.3 Å². The van der Waals surface area contributed by atoms with Gasteiger partial charge in [0.05, 0.1) is 12.2 Å². The van der Waals surface area contributed by atoms with Crippen LogP contribution in [0.1, 0.15) is 51.9 Å². The van der Waals surface area contributed by atoms with Crippen LogP contribution in [0.25, 0.3) is 0 Å². The van der Waals surface area contributed by atoms with Gasteiger partial charge in [-0.2, -0.15) is 0 Å². The highest BCUT2D eigenvalue weighted by Crippen LogP contribution is 2.35. The van der Waals surface area contributed by atoms with Gasteiger partial charge in [0, 0.05) is 12.1 Å². The number of ether oxygens (including phenoxy) is 1. The molecule has 3 fully saturated rings. The summed E-state index contributed by atoms with van der Waals surface area (Å²) < 4.78 is 5.89. The van der Waals surface area contributed by atoms with Crippen LogP contribution in [0.2, 0.25) is 0 Å². The Balaban J connectivity index is 1.52. The molecule has 1 N–H and O–H groups in total. The number of rotatable bonds is 2. The first-order valence-electron chi connectivity index (χ1n) is 6.73. The maximum Gasteiger partial charge on any atom is 0.0733 e. The van der Waals surface area contributed by atoms with Crippen LogP contribution in [-0.2, 0) is 4.74 Å². The van der Waals surface area contributed by atoms with Crippen molar-refractivity contribution in [2.24, 2.45) is 5.92 Å². The van der Waals surface area contributed by atoms with Gasteiger partial charge in [0.15, 0.2) is 0 Å². The quantitative estimate of drug-likeness (QED) is 0.754.